The normalized spacial score (nSPS) is 15.9. The first-order valence-corrected chi connectivity index (χ1v) is 7.92. The summed E-state index contributed by atoms with van der Waals surface area (Å²) in [5.41, 5.74) is -0.498. The molecule has 1 aromatic carbocycles. The molecule has 7 heteroatoms. The Hall–Kier alpha value is -2.31. The van der Waals surface area contributed by atoms with Gasteiger partial charge in [0, 0.05) is 37.4 Å². The van der Waals surface area contributed by atoms with Crippen LogP contribution in [0.4, 0.5) is 14.9 Å². The summed E-state index contributed by atoms with van der Waals surface area (Å²) in [5.74, 6) is -0.459. The Labute approximate surface area is 140 Å². The van der Waals surface area contributed by atoms with Crippen LogP contribution >= 0.6 is 0 Å². The Morgan fingerprint density at radius 1 is 1.29 bits per heavy atom. The smallest absolute Gasteiger partial charge is 0.407 e. The number of carbonyl (C=O) groups is 2. The molecule has 0 aromatic heterocycles. The second kappa shape index (κ2) is 7.07. The number of ether oxygens (including phenoxy) is 1. The molecule has 2 N–H and O–H groups in total. The lowest BCUT2D eigenvalue weighted by atomic mass is 9.95. The van der Waals surface area contributed by atoms with Gasteiger partial charge in [-0.2, -0.15) is 0 Å². The molecule has 1 saturated heterocycles. The number of benzene rings is 1. The molecule has 2 amide bonds. The van der Waals surface area contributed by atoms with E-state index in [1.807, 2.05) is 0 Å². The van der Waals surface area contributed by atoms with Crippen molar-refractivity contribution in [1.82, 2.24) is 4.90 Å². The van der Waals surface area contributed by atoms with Crippen molar-refractivity contribution in [2.45, 2.75) is 39.7 Å². The van der Waals surface area contributed by atoms with Crippen LogP contribution < -0.4 is 10.1 Å². The molecule has 1 aliphatic rings. The Kier molecular flexibility index (Phi) is 5.31. The Balaban J connectivity index is 1.95. The van der Waals surface area contributed by atoms with Crippen LogP contribution in [-0.4, -0.2) is 41.2 Å². The van der Waals surface area contributed by atoms with Crippen molar-refractivity contribution in [1.29, 1.82) is 0 Å². The average Bonchev–Trinajstić information content (AvgIpc) is 2.49. The summed E-state index contributed by atoms with van der Waals surface area (Å²) in [6, 6.07) is 4.31. The molecule has 2 rings (SSSR count). The molecule has 132 valence electrons. The monoisotopic (exact) mass is 338 g/mol. The summed E-state index contributed by atoms with van der Waals surface area (Å²) in [7, 11) is 0. The van der Waals surface area contributed by atoms with Crippen molar-refractivity contribution in [2.24, 2.45) is 5.41 Å². The molecule has 1 aliphatic heterocycles. The van der Waals surface area contributed by atoms with Crippen molar-refractivity contribution >= 4 is 17.7 Å². The largest absolute Gasteiger partial charge is 0.490 e. The first-order chi connectivity index (χ1) is 11.2. The van der Waals surface area contributed by atoms with Crippen LogP contribution in [0.5, 0.6) is 5.75 Å². The van der Waals surface area contributed by atoms with Gasteiger partial charge in [0.05, 0.1) is 5.69 Å². The van der Waals surface area contributed by atoms with Crippen LogP contribution in [-0.2, 0) is 4.79 Å². The van der Waals surface area contributed by atoms with E-state index in [0.29, 0.717) is 31.7 Å². The molecule has 0 bridgehead atoms. The lowest BCUT2D eigenvalue weighted by Crippen LogP contribution is -2.41. The maximum Gasteiger partial charge on any atom is 0.407 e. The van der Waals surface area contributed by atoms with Gasteiger partial charge in [0.15, 0.2) is 0 Å². The number of carbonyl (C=O) groups excluding carboxylic acids is 1. The SMILES string of the molecule is CC(C)(C)C(=O)Nc1ccc(OC2CCN(C(=O)O)CC2)cc1F. The fourth-order valence-electron chi connectivity index (χ4n) is 2.34. The van der Waals surface area contributed by atoms with E-state index in [2.05, 4.69) is 5.32 Å². The number of hydrogen-bond acceptors (Lipinski definition) is 3. The maximum absolute atomic E-state index is 14.1. The van der Waals surface area contributed by atoms with Gasteiger partial charge in [0.25, 0.3) is 0 Å². The fourth-order valence-corrected chi connectivity index (χ4v) is 2.34. The van der Waals surface area contributed by atoms with Crippen LogP contribution in [0.25, 0.3) is 0 Å². The molecular weight excluding hydrogens is 315 g/mol. The number of nitrogens with zero attached hydrogens (tertiary/aromatic N) is 1. The molecule has 0 atom stereocenters. The molecule has 0 spiro atoms. The van der Waals surface area contributed by atoms with E-state index in [0.717, 1.165) is 0 Å². The van der Waals surface area contributed by atoms with Crippen molar-refractivity contribution in [2.75, 3.05) is 18.4 Å². The number of likely N-dealkylation sites (tertiary alicyclic amines) is 1. The number of piperidine rings is 1. The second-order valence-corrected chi connectivity index (χ2v) is 6.93. The fraction of sp³-hybridized carbons (Fsp3) is 0.529. The van der Waals surface area contributed by atoms with Crippen LogP contribution in [0.1, 0.15) is 33.6 Å². The number of nitrogens with one attached hydrogen (secondary N) is 1. The van der Waals surface area contributed by atoms with E-state index in [1.54, 1.807) is 26.8 Å². The number of anilines is 1. The molecule has 6 nitrogen and oxygen atoms in total. The summed E-state index contributed by atoms with van der Waals surface area (Å²) in [4.78, 5) is 24.1. The van der Waals surface area contributed by atoms with Gasteiger partial charge >= 0.3 is 6.09 Å². The highest BCUT2D eigenvalue weighted by molar-refractivity contribution is 5.94. The van der Waals surface area contributed by atoms with Gasteiger partial charge in [-0.05, 0) is 12.1 Å². The molecular formula is C17H23FN2O4. The van der Waals surface area contributed by atoms with Gasteiger partial charge in [-0.15, -0.1) is 0 Å². The molecule has 0 unspecified atom stereocenters. The van der Waals surface area contributed by atoms with E-state index in [4.69, 9.17) is 9.84 Å². The second-order valence-electron chi connectivity index (χ2n) is 6.93. The molecule has 1 aromatic rings. The minimum Gasteiger partial charge on any atom is -0.490 e. The number of hydrogen-bond donors (Lipinski definition) is 2. The van der Waals surface area contributed by atoms with Crippen molar-refractivity contribution < 1.29 is 23.8 Å². The third-order valence-electron chi connectivity index (χ3n) is 3.89. The summed E-state index contributed by atoms with van der Waals surface area (Å²) in [6.45, 7) is 6.06. The van der Waals surface area contributed by atoms with E-state index in [1.165, 1.54) is 17.0 Å². The van der Waals surface area contributed by atoms with Gasteiger partial charge in [0.2, 0.25) is 5.91 Å². The molecule has 0 radical (unpaired) electrons. The predicted octanol–water partition coefficient (Wildman–Crippen LogP) is 3.33. The predicted molar refractivity (Wildman–Crippen MR) is 87.7 cm³/mol. The standard InChI is InChI=1S/C17H23FN2O4/c1-17(2,3)15(21)19-14-5-4-12(10-13(14)18)24-11-6-8-20(9-7-11)16(22)23/h4-5,10-11H,6-9H2,1-3H3,(H,19,21)(H,22,23). The maximum atomic E-state index is 14.1. The third-order valence-corrected chi connectivity index (χ3v) is 3.89. The molecule has 24 heavy (non-hydrogen) atoms. The number of rotatable bonds is 3. The Morgan fingerprint density at radius 3 is 2.42 bits per heavy atom. The van der Waals surface area contributed by atoms with Crippen LogP contribution in [0.3, 0.4) is 0 Å². The average molecular weight is 338 g/mol. The minimum atomic E-state index is -0.932. The zero-order valence-electron chi connectivity index (χ0n) is 14.1. The highest BCUT2D eigenvalue weighted by Crippen LogP contribution is 2.25. The molecule has 1 fully saturated rings. The molecule has 1 heterocycles. The number of halogens is 1. The number of amides is 2. The zero-order chi connectivity index (χ0) is 17.9. The highest BCUT2D eigenvalue weighted by Gasteiger charge is 2.24. The van der Waals surface area contributed by atoms with Gasteiger partial charge in [-0.1, -0.05) is 20.8 Å². The van der Waals surface area contributed by atoms with E-state index >= 15 is 0 Å². The zero-order valence-corrected chi connectivity index (χ0v) is 14.1. The number of carboxylic acid groups (broad SMARTS) is 1. The van der Waals surface area contributed by atoms with Crippen molar-refractivity contribution in [3.05, 3.63) is 24.0 Å². The lowest BCUT2D eigenvalue weighted by Gasteiger charge is -2.30. The minimum absolute atomic E-state index is 0.114. The van der Waals surface area contributed by atoms with Crippen LogP contribution in [0.2, 0.25) is 0 Å². The van der Waals surface area contributed by atoms with E-state index in [9.17, 15) is 14.0 Å². The van der Waals surface area contributed by atoms with E-state index < -0.39 is 17.3 Å². The summed E-state index contributed by atoms with van der Waals surface area (Å²) >= 11 is 0. The first-order valence-electron chi connectivity index (χ1n) is 7.92. The van der Waals surface area contributed by atoms with Crippen molar-refractivity contribution in [3.8, 4) is 5.75 Å². The topological polar surface area (TPSA) is 78.9 Å². The van der Waals surface area contributed by atoms with Gasteiger partial charge in [-0.3, -0.25) is 4.79 Å². The van der Waals surface area contributed by atoms with E-state index in [-0.39, 0.29) is 17.7 Å². The summed E-state index contributed by atoms with van der Waals surface area (Å²) in [6.07, 6.45) is 0.0563. The van der Waals surface area contributed by atoms with Gasteiger partial charge in [0.1, 0.15) is 17.7 Å². The molecule has 0 saturated carbocycles. The third kappa shape index (κ3) is 4.59. The van der Waals surface area contributed by atoms with Gasteiger partial charge in [-0.25, -0.2) is 9.18 Å². The van der Waals surface area contributed by atoms with Crippen molar-refractivity contribution in [3.63, 3.8) is 0 Å². The molecule has 0 aliphatic carbocycles. The highest BCUT2D eigenvalue weighted by atomic mass is 19.1. The Bertz CT molecular complexity index is 620. The quantitative estimate of drug-likeness (QED) is 0.886. The van der Waals surface area contributed by atoms with Crippen LogP contribution in [0, 0.1) is 11.2 Å². The van der Waals surface area contributed by atoms with Crippen LogP contribution in [0.15, 0.2) is 18.2 Å². The summed E-state index contributed by atoms with van der Waals surface area (Å²) < 4.78 is 19.9. The van der Waals surface area contributed by atoms with Gasteiger partial charge < -0.3 is 20.1 Å². The lowest BCUT2D eigenvalue weighted by molar-refractivity contribution is -0.123. The summed E-state index contributed by atoms with van der Waals surface area (Å²) in [5, 5.41) is 11.5. The Morgan fingerprint density at radius 2 is 1.92 bits per heavy atom. The first kappa shape index (κ1) is 18.0.